The van der Waals surface area contributed by atoms with Crippen molar-refractivity contribution in [2.75, 3.05) is 6.26 Å². The van der Waals surface area contributed by atoms with Gasteiger partial charge in [0.25, 0.3) is 0 Å². The van der Waals surface area contributed by atoms with Crippen LogP contribution in [-0.2, 0) is 6.54 Å². The molecule has 0 heterocycles. The van der Waals surface area contributed by atoms with Gasteiger partial charge in [0.05, 0.1) is 5.03 Å². The number of thioether (sulfide) groups is 1. The first-order valence-electron chi connectivity index (χ1n) is 6.42. The molecule has 0 unspecified atom stereocenters. The first kappa shape index (κ1) is 14.4. The van der Waals surface area contributed by atoms with Crippen molar-refractivity contribution in [3.8, 4) is 0 Å². The SMILES string of the molecule is CSC(=CC(=O)c1ccccc1)NCc1ccccc1. The van der Waals surface area contributed by atoms with Crippen LogP contribution in [0.4, 0.5) is 0 Å². The van der Waals surface area contributed by atoms with Gasteiger partial charge in [-0.25, -0.2) is 0 Å². The molecule has 0 saturated heterocycles. The molecule has 1 N–H and O–H groups in total. The third-order valence-electron chi connectivity index (χ3n) is 2.85. The molecule has 0 amide bonds. The molecule has 0 aliphatic heterocycles. The Morgan fingerprint density at radius 3 is 2.25 bits per heavy atom. The highest BCUT2D eigenvalue weighted by Crippen LogP contribution is 2.11. The Labute approximate surface area is 123 Å². The summed E-state index contributed by atoms with van der Waals surface area (Å²) < 4.78 is 0. The van der Waals surface area contributed by atoms with Crippen molar-refractivity contribution in [3.63, 3.8) is 0 Å². The number of hydrogen-bond acceptors (Lipinski definition) is 3. The average Bonchev–Trinajstić information content (AvgIpc) is 2.53. The maximum absolute atomic E-state index is 12.1. The van der Waals surface area contributed by atoms with Gasteiger partial charge in [-0.3, -0.25) is 4.79 Å². The normalized spacial score (nSPS) is 11.2. The maximum atomic E-state index is 12.1. The van der Waals surface area contributed by atoms with E-state index < -0.39 is 0 Å². The van der Waals surface area contributed by atoms with Gasteiger partial charge >= 0.3 is 0 Å². The zero-order valence-electron chi connectivity index (χ0n) is 11.4. The number of rotatable bonds is 6. The summed E-state index contributed by atoms with van der Waals surface area (Å²) in [6.45, 7) is 0.718. The van der Waals surface area contributed by atoms with Crippen molar-refractivity contribution in [1.82, 2.24) is 5.32 Å². The van der Waals surface area contributed by atoms with Gasteiger partial charge in [0.15, 0.2) is 5.78 Å². The van der Waals surface area contributed by atoms with E-state index in [2.05, 4.69) is 17.4 Å². The lowest BCUT2D eigenvalue weighted by Crippen LogP contribution is -2.12. The van der Waals surface area contributed by atoms with Crippen LogP contribution in [0.25, 0.3) is 0 Å². The van der Waals surface area contributed by atoms with E-state index in [9.17, 15) is 4.79 Å². The summed E-state index contributed by atoms with van der Waals surface area (Å²) in [6.07, 6.45) is 3.62. The molecule has 2 aromatic carbocycles. The Hall–Kier alpha value is -2.00. The van der Waals surface area contributed by atoms with Gasteiger partial charge < -0.3 is 5.32 Å². The molecule has 0 aromatic heterocycles. The van der Waals surface area contributed by atoms with Gasteiger partial charge in [0.2, 0.25) is 0 Å². The van der Waals surface area contributed by atoms with Crippen molar-refractivity contribution in [2.45, 2.75) is 6.54 Å². The average molecular weight is 283 g/mol. The molecule has 0 aliphatic rings. The molecule has 2 rings (SSSR count). The molecule has 3 heteroatoms. The third-order valence-corrected chi connectivity index (χ3v) is 3.55. The fraction of sp³-hybridized carbons (Fsp3) is 0.118. The summed E-state index contributed by atoms with van der Waals surface area (Å²) in [5.74, 6) is 0.0236. The standard InChI is InChI=1S/C17H17NOS/c1-20-17(18-13-14-8-4-2-5-9-14)12-16(19)15-10-6-3-7-11-15/h2-12,18H,13H2,1H3. The second-order valence-electron chi connectivity index (χ2n) is 4.28. The van der Waals surface area contributed by atoms with E-state index in [1.807, 2.05) is 54.8 Å². The number of nitrogens with one attached hydrogen (secondary N) is 1. The van der Waals surface area contributed by atoms with Crippen LogP contribution in [-0.4, -0.2) is 12.0 Å². The van der Waals surface area contributed by atoms with Crippen LogP contribution in [0.15, 0.2) is 71.8 Å². The molecule has 2 aromatic rings. The molecule has 2 nitrogen and oxygen atoms in total. The maximum Gasteiger partial charge on any atom is 0.188 e. The molecule has 0 fully saturated rings. The lowest BCUT2D eigenvalue weighted by Gasteiger charge is -2.08. The number of ketones is 1. The molecular formula is C17H17NOS. The molecule has 0 spiro atoms. The van der Waals surface area contributed by atoms with Crippen LogP contribution < -0.4 is 5.32 Å². The van der Waals surface area contributed by atoms with Crippen LogP contribution in [0.5, 0.6) is 0 Å². The topological polar surface area (TPSA) is 29.1 Å². The minimum absolute atomic E-state index is 0.0236. The summed E-state index contributed by atoms with van der Waals surface area (Å²) in [7, 11) is 0. The fourth-order valence-corrected chi connectivity index (χ4v) is 2.21. The van der Waals surface area contributed by atoms with E-state index in [1.165, 1.54) is 5.56 Å². The quantitative estimate of drug-likeness (QED) is 0.644. The van der Waals surface area contributed by atoms with E-state index in [4.69, 9.17) is 0 Å². The van der Waals surface area contributed by atoms with E-state index >= 15 is 0 Å². The number of hydrogen-bond donors (Lipinski definition) is 1. The lowest BCUT2D eigenvalue weighted by molar-refractivity contribution is 0.104. The summed E-state index contributed by atoms with van der Waals surface area (Å²) >= 11 is 1.54. The fourth-order valence-electron chi connectivity index (χ4n) is 1.77. The van der Waals surface area contributed by atoms with Gasteiger partial charge in [0.1, 0.15) is 0 Å². The van der Waals surface area contributed by atoms with Gasteiger partial charge in [-0.2, -0.15) is 0 Å². The highest BCUT2D eigenvalue weighted by atomic mass is 32.2. The number of carbonyl (C=O) groups excluding carboxylic acids is 1. The molecule has 20 heavy (non-hydrogen) atoms. The summed E-state index contributed by atoms with van der Waals surface area (Å²) in [6, 6.07) is 19.4. The zero-order valence-corrected chi connectivity index (χ0v) is 12.2. The van der Waals surface area contributed by atoms with E-state index in [-0.39, 0.29) is 5.78 Å². The van der Waals surface area contributed by atoms with Crippen molar-refractivity contribution in [2.24, 2.45) is 0 Å². The van der Waals surface area contributed by atoms with Crippen molar-refractivity contribution in [1.29, 1.82) is 0 Å². The van der Waals surface area contributed by atoms with Gasteiger partial charge in [-0.15, -0.1) is 11.8 Å². The lowest BCUT2D eigenvalue weighted by atomic mass is 10.1. The van der Waals surface area contributed by atoms with Gasteiger partial charge in [0, 0.05) is 18.2 Å². The summed E-state index contributed by atoms with van der Waals surface area (Å²) in [5, 5.41) is 4.17. The second-order valence-corrected chi connectivity index (χ2v) is 5.13. The van der Waals surface area contributed by atoms with Crippen molar-refractivity contribution in [3.05, 3.63) is 82.9 Å². The Morgan fingerprint density at radius 2 is 1.65 bits per heavy atom. The molecule has 0 radical (unpaired) electrons. The molecule has 0 saturated carbocycles. The van der Waals surface area contributed by atoms with E-state index in [1.54, 1.807) is 17.8 Å². The first-order valence-corrected chi connectivity index (χ1v) is 7.65. The van der Waals surface area contributed by atoms with E-state index in [0.717, 1.165) is 11.6 Å². The third kappa shape index (κ3) is 4.28. The Balaban J connectivity index is 2.01. The summed E-state index contributed by atoms with van der Waals surface area (Å²) in [4.78, 5) is 12.1. The molecular weight excluding hydrogens is 266 g/mol. The largest absolute Gasteiger partial charge is 0.376 e. The minimum Gasteiger partial charge on any atom is -0.376 e. The van der Waals surface area contributed by atoms with Crippen molar-refractivity contribution >= 4 is 17.5 Å². The number of benzene rings is 2. The molecule has 0 aliphatic carbocycles. The molecule has 102 valence electrons. The van der Waals surface area contributed by atoms with Crippen LogP contribution >= 0.6 is 11.8 Å². The Bertz CT molecular complexity index is 578. The Kier molecular flexibility index (Phi) is 5.44. The molecule has 0 bridgehead atoms. The second kappa shape index (κ2) is 7.56. The Morgan fingerprint density at radius 1 is 1.05 bits per heavy atom. The monoisotopic (exact) mass is 283 g/mol. The number of allylic oxidation sites excluding steroid dienone is 1. The predicted octanol–water partition coefficient (Wildman–Crippen LogP) is 3.86. The van der Waals surface area contributed by atoms with Crippen LogP contribution in [0, 0.1) is 0 Å². The van der Waals surface area contributed by atoms with Crippen LogP contribution in [0.2, 0.25) is 0 Å². The highest BCUT2D eigenvalue weighted by Gasteiger charge is 2.04. The van der Waals surface area contributed by atoms with Crippen molar-refractivity contribution < 1.29 is 4.79 Å². The molecule has 0 atom stereocenters. The van der Waals surface area contributed by atoms with Gasteiger partial charge in [-0.1, -0.05) is 60.7 Å². The van der Waals surface area contributed by atoms with E-state index in [0.29, 0.717) is 5.56 Å². The smallest absolute Gasteiger partial charge is 0.188 e. The van der Waals surface area contributed by atoms with Crippen LogP contribution in [0.1, 0.15) is 15.9 Å². The zero-order chi connectivity index (χ0) is 14.2. The number of carbonyl (C=O) groups is 1. The van der Waals surface area contributed by atoms with Gasteiger partial charge in [-0.05, 0) is 11.8 Å². The predicted molar refractivity (Wildman–Crippen MR) is 85.7 cm³/mol. The van der Waals surface area contributed by atoms with Crippen LogP contribution in [0.3, 0.4) is 0 Å². The first-order chi connectivity index (χ1) is 9.79. The minimum atomic E-state index is 0.0236. The highest BCUT2D eigenvalue weighted by molar-refractivity contribution is 8.02. The summed E-state index contributed by atoms with van der Waals surface area (Å²) in [5.41, 5.74) is 1.90.